The summed E-state index contributed by atoms with van der Waals surface area (Å²) in [6.45, 7) is 7.03. The third-order valence-corrected chi connectivity index (χ3v) is 6.60. The highest BCUT2D eigenvalue weighted by molar-refractivity contribution is 6.01. The van der Waals surface area contributed by atoms with Crippen LogP contribution in [-0.4, -0.2) is 47.3 Å². The molecular weight excluding hydrogens is 314 g/mol. The molecule has 2 amide bonds. The SMILES string of the molecule is C=C1CCC2(CCCN(C(=O)C3=CNC(=O)C3)C2)CN1C1CCCC1. The average molecular weight is 343 g/mol. The standard InChI is InChI=1S/C20H29N3O2/c1-15-7-9-20(14-23(15)17-5-2-3-6-17)8-4-10-22(13-20)19(25)16-11-18(24)21-12-16/h12,17H,1-11,13-14H2,(H,21,24). The van der Waals surface area contributed by atoms with E-state index in [1.807, 2.05) is 4.90 Å². The molecule has 1 atom stereocenters. The van der Waals surface area contributed by atoms with Gasteiger partial charge in [0.2, 0.25) is 5.91 Å². The lowest BCUT2D eigenvalue weighted by Crippen LogP contribution is -2.54. The van der Waals surface area contributed by atoms with E-state index < -0.39 is 0 Å². The number of hydrogen-bond acceptors (Lipinski definition) is 3. The van der Waals surface area contributed by atoms with Crippen molar-refractivity contribution in [2.24, 2.45) is 5.41 Å². The second-order valence-corrected chi connectivity index (χ2v) is 8.38. The zero-order valence-electron chi connectivity index (χ0n) is 15.1. The normalized spacial score (nSPS) is 30.8. The van der Waals surface area contributed by atoms with E-state index in [1.54, 1.807) is 6.20 Å². The van der Waals surface area contributed by atoms with Gasteiger partial charge in [-0.2, -0.15) is 0 Å². The molecule has 136 valence electrons. The molecule has 2 saturated heterocycles. The monoisotopic (exact) mass is 343 g/mol. The van der Waals surface area contributed by atoms with Gasteiger partial charge < -0.3 is 15.1 Å². The van der Waals surface area contributed by atoms with Crippen molar-refractivity contribution in [1.82, 2.24) is 15.1 Å². The predicted octanol–water partition coefficient (Wildman–Crippen LogP) is 2.55. The van der Waals surface area contributed by atoms with E-state index in [-0.39, 0.29) is 23.7 Å². The van der Waals surface area contributed by atoms with E-state index in [0.717, 1.165) is 38.9 Å². The molecule has 1 spiro atoms. The van der Waals surface area contributed by atoms with Gasteiger partial charge in [-0.3, -0.25) is 9.59 Å². The minimum atomic E-state index is -0.0727. The van der Waals surface area contributed by atoms with Crippen molar-refractivity contribution in [3.63, 3.8) is 0 Å². The maximum absolute atomic E-state index is 12.8. The van der Waals surface area contributed by atoms with Crippen LogP contribution in [0.4, 0.5) is 0 Å². The fourth-order valence-electron chi connectivity index (χ4n) is 5.21. The summed E-state index contributed by atoms with van der Waals surface area (Å²) in [5, 5.41) is 2.64. The fraction of sp³-hybridized carbons (Fsp3) is 0.700. The van der Waals surface area contributed by atoms with Crippen molar-refractivity contribution in [3.05, 3.63) is 24.0 Å². The molecule has 1 saturated carbocycles. The minimum absolute atomic E-state index is 0.0502. The number of likely N-dealkylation sites (tertiary alicyclic amines) is 2. The molecule has 3 aliphatic heterocycles. The van der Waals surface area contributed by atoms with Crippen molar-refractivity contribution in [1.29, 1.82) is 0 Å². The van der Waals surface area contributed by atoms with Crippen LogP contribution < -0.4 is 5.32 Å². The first-order valence-corrected chi connectivity index (χ1v) is 9.78. The van der Waals surface area contributed by atoms with Gasteiger partial charge in [0.1, 0.15) is 0 Å². The number of hydrogen-bond donors (Lipinski definition) is 1. The Balaban J connectivity index is 1.46. The van der Waals surface area contributed by atoms with Gasteiger partial charge in [0.05, 0.1) is 6.42 Å². The topological polar surface area (TPSA) is 52.7 Å². The zero-order valence-corrected chi connectivity index (χ0v) is 15.1. The number of nitrogens with one attached hydrogen (secondary N) is 1. The summed E-state index contributed by atoms with van der Waals surface area (Å²) in [6, 6.07) is 0.662. The van der Waals surface area contributed by atoms with Gasteiger partial charge in [0.15, 0.2) is 0 Å². The van der Waals surface area contributed by atoms with Crippen LogP contribution in [0, 0.1) is 5.41 Å². The molecule has 4 aliphatic rings. The van der Waals surface area contributed by atoms with E-state index >= 15 is 0 Å². The lowest BCUT2D eigenvalue weighted by atomic mass is 9.72. The molecule has 0 radical (unpaired) electrons. The maximum atomic E-state index is 12.8. The molecule has 4 rings (SSSR count). The Labute approximate surface area is 150 Å². The van der Waals surface area contributed by atoms with E-state index in [9.17, 15) is 9.59 Å². The van der Waals surface area contributed by atoms with Gasteiger partial charge >= 0.3 is 0 Å². The maximum Gasteiger partial charge on any atom is 0.251 e. The molecule has 1 N–H and O–H groups in total. The van der Waals surface area contributed by atoms with Crippen LogP contribution in [0.25, 0.3) is 0 Å². The summed E-state index contributed by atoms with van der Waals surface area (Å²) in [4.78, 5) is 28.8. The smallest absolute Gasteiger partial charge is 0.251 e. The predicted molar refractivity (Wildman–Crippen MR) is 96.4 cm³/mol. The van der Waals surface area contributed by atoms with Crippen LogP contribution in [0.1, 0.15) is 57.8 Å². The van der Waals surface area contributed by atoms with Gasteiger partial charge in [0, 0.05) is 48.6 Å². The van der Waals surface area contributed by atoms with E-state index in [2.05, 4.69) is 16.8 Å². The van der Waals surface area contributed by atoms with Crippen LogP contribution in [0.5, 0.6) is 0 Å². The molecule has 0 bridgehead atoms. The van der Waals surface area contributed by atoms with Crippen molar-refractivity contribution >= 4 is 11.8 Å². The van der Waals surface area contributed by atoms with Gasteiger partial charge in [0.25, 0.3) is 5.91 Å². The van der Waals surface area contributed by atoms with E-state index in [0.29, 0.717) is 11.6 Å². The van der Waals surface area contributed by atoms with Gasteiger partial charge in [-0.15, -0.1) is 0 Å². The second-order valence-electron chi connectivity index (χ2n) is 8.38. The summed E-state index contributed by atoms with van der Waals surface area (Å²) < 4.78 is 0. The number of nitrogens with zero attached hydrogens (tertiary/aromatic N) is 2. The molecule has 1 unspecified atom stereocenters. The lowest BCUT2D eigenvalue weighted by Gasteiger charge is -2.51. The first-order valence-electron chi connectivity index (χ1n) is 9.78. The molecule has 0 aromatic heterocycles. The molecule has 25 heavy (non-hydrogen) atoms. The number of carbonyl (C=O) groups excluding carboxylic acids is 2. The zero-order chi connectivity index (χ0) is 17.4. The summed E-state index contributed by atoms with van der Waals surface area (Å²) in [7, 11) is 0. The Morgan fingerprint density at radius 3 is 2.72 bits per heavy atom. The molecule has 5 heteroatoms. The number of allylic oxidation sites excluding steroid dienone is 1. The van der Waals surface area contributed by atoms with Crippen LogP contribution in [-0.2, 0) is 9.59 Å². The van der Waals surface area contributed by atoms with Crippen molar-refractivity contribution in [2.75, 3.05) is 19.6 Å². The Kier molecular flexibility index (Phi) is 4.34. The van der Waals surface area contributed by atoms with Gasteiger partial charge in [-0.05, 0) is 38.5 Å². The van der Waals surface area contributed by atoms with E-state index in [4.69, 9.17) is 0 Å². The molecule has 0 aromatic rings. The second kappa shape index (κ2) is 6.50. The summed E-state index contributed by atoms with van der Waals surface area (Å²) in [6.07, 6.45) is 11.5. The Morgan fingerprint density at radius 2 is 2.00 bits per heavy atom. The molecular formula is C20H29N3O2. The number of carbonyl (C=O) groups is 2. The Bertz CT molecular complexity index is 620. The minimum Gasteiger partial charge on any atom is -0.372 e. The number of amides is 2. The molecule has 3 heterocycles. The lowest BCUT2D eigenvalue weighted by molar-refractivity contribution is -0.132. The quantitative estimate of drug-likeness (QED) is 0.838. The fourth-order valence-corrected chi connectivity index (χ4v) is 5.21. The van der Waals surface area contributed by atoms with Crippen molar-refractivity contribution in [3.8, 4) is 0 Å². The molecule has 0 aromatic carbocycles. The first kappa shape index (κ1) is 16.7. The van der Waals surface area contributed by atoms with Crippen LogP contribution in [0.15, 0.2) is 24.0 Å². The molecule has 3 fully saturated rings. The van der Waals surface area contributed by atoms with Gasteiger partial charge in [-0.1, -0.05) is 19.4 Å². The first-order chi connectivity index (χ1) is 12.1. The average Bonchev–Trinajstić information content (AvgIpc) is 3.28. The number of piperidine rings is 2. The van der Waals surface area contributed by atoms with Gasteiger partial charge in [-0.25, -0.2) is 0 Å². The largest absolute Gasteiger partial charge is 0.372 e. The van der Waals surface area contributed by atoms with Crippen molar-refractivity contribution < 1.29 is 9.59 Å². The van der Waals surface area contributed by atoms with Crippen LogP contribution in [0.3, 0.4) is 0 Å². The Hall–Kier alpha value is -1.78. The summed E-state index contributed by atoms with van der Waals surface area (Å²) in [5.41, 5.74) is 2.12. The number of rotatable bonds is 2. The Morgan fingerprint density at radius 1 is 1.20 bits per heavy atom. The summed E-state index contributed by atoms with van der Waals surface area (Å²) in [5.74, 6) is -0.0225. The third-order valence-electron chi connectivity index (χ3n) is 6.60. The summed E-state index contributed by atoms with van der Waals surface area (Å²) >= 11 is 0. The third kappa shape index (κ3) is 3.21. The van der Waals surface area contributed by atoms with Crippen LogP contribution >= 0.6 is 0 Å². The highest BCUT2D eigenvalue weighted by atomic mass is 16.2. The highest BCUT2D eigenvalue weighted by Crippen LogP contribution is 2.43. The van der Waals surface area contributed by atoms with Crippen molar-refractivity contribution in [2.45, 2.75) is 63.8 Å². The molecule has 5 nitrogen and oxygen atoms in total. The van der Waals surface area contributed by atoms with E-state index in [1.165, 1.54) is 37.8 Å². The highest BCUT2D eigenvalue weighted by Gasteiger charge is 2.43. The molecule has 1 aliphatic carbocycles. The van der Waals surface area contributed by atoms with Crippen LogP contribution in [0.2, 0.25) is 0 Å².